The van der Waals surface area contributed by atoms with E-state index in [9.17, 15) is 5.26 Å². The molecular weight excluding hydrogens is 330 g/mol. The number of hydrazone groups is 1. The van der Waals surface area contributed by atoms with E-state index in [2.05, 4.69) is 53.6 Å². The second-order valence-corrected chi connectivity index (χ2v) is 7.86. The van der Waals surface area contributed by atoms with Crippen molar-refractivity contribution in [1.29, 1.82) is 5.26 Å². The van der Waals surface area contributed by atoms with E-state index in [0.717, 1.165) is 29.7 Å². The summed E-state index contributed by atoms with van der Waals surface area (Å²) in [6, 6.07) is 17.4. The molecule has 2 aromatic carbocycles. The topological polar surface area (TPSA) is 39.4 Å². The van der Waals surface area contributed by atoms with E-state index in [0.29, 0.717) is 12.0 Å². The van der Waals surface area contributed by atoms with E-state index < -0.39 is 0 Å². The third-order valence-electron chi connectivity index (χ3n) is 6.28. The molecule has 0 spiro atoms. The lowest BCUT2D eigenvalue weighted by Gasteiger charge is -2.31. The van der Waals surface area contributed by atoms with Crippen molar-refractivity contribution in [1.82, 2.24) is 0 Å². The Morgan fingerprint density at radius 1 is 1.15 bits per heavy atom. The van der Waals surface area contributed by atoms with Crippen molar-refractivity contribution in [2.24, 2.45) is 11.0 Å². The van der Waals surface area contributed by atoms with Gasteiger partial charge >= 0.3 is 0 Å². The van der Waals surface area contributed by atoms with Crippen LogP contribution < -0.4 is 5.01 Å². The van der Waals surface area contributed by atoms with E-state index in [1.807, 2.05) is 13.0 Å². The van der Waals surface area contributed by atoms with Gasteiger partial charge in [-0.25, -0.2) is 0 Å². The van der Waals surface area contributed by atoms with Gasteiger partial charge in [-0.3, -0.25) is 5.01 Å². The van der Waals surface area contributed by atoms with Crippen molar-refractivity contribution in [3.05, 3.63) is 76.4 Å². The molecule has 0 bridgehead atoms. The highest BCUT2D eigenvalue weighted by molar-refractivity contribution is 6.07. The number of aryl methyl sites for hydroxylation is 2. The summed E-state index contributed by atoms with van der Waals surface area (Å²) in [5.74, 6) is 0.459. The van der Waals surface area contributed by atoms with Gasteiger partial charge in [0.25, 0.3) is 0 Å². The van der Waals surface area contributed by atoms with Gasteiger partial charge in [0.05, 0.1) is 29.1 Å². The number of hydrogen-bond donors (Lipinski definition) is 0. The summed E-state index contributed by atoms with van der Waals surface area (Å²) in [6.07, 6.45) is 8.34. The number of allylic oxidation sites excluding steroid dienone is 1. The molecule has 1 heterocycles. The van der Waals surface area contributed by atoms with Crippen LogP contribution in [0.3, 0.4) is 0 Å². The Morgan fingerprint density at radius 3 is 2.81 bits per heavy atom. The molecule has 1 aliphatic heterocycles. The van der Waals surface area contributed by atoms with Crippen LogP contribution in [-0.4, -0.2) is 11.8 Å². The summed E-state index contributed by atoms with van der Waals surface area (Å²) < 4.78 is 0. The van der Waals surface area contributed by atoms with E-state index in [1.54, 1.807) is 5.57 Å². The highest BCUT2D eigenvalue weighted by Gasteiger charge is 2.43. The smallest absolute Gasteiger partial charge is 0.0994 e. The van der Waals surface area contributed by atoms with Gasteiger partial charge in [0.1, 0.15) is 0 Å². The average molecular weight is 353 g/mol. The zero-order valence-corrected chi connectivity index (χ0v) is 15.7. The Balaban J connectivity index is 1.63. The summed E-state index contributed by atoms with van der Waals surface area (Å²) >= 11 is 0. The molecule has 0 aromatic heterocycles. The molecule has 2 aliphatic carbocycles. The van der Waals surface area contributed by atoms with Crippen molar-refractivity contribution in [3.63, 3.8) is 0 Å². The van der Waals surface area contributed by atoms with Gasteiger partial charge in [-0.15, -0.1) is 0 Å². The minimum atomic E-state index is 0.322. The molecule has 0 fully saturated rings. The van der Waals surface area contributed by atoms with E-state index >= 15 is 0 Å². The highest BCUT2D eigenvalue weighted by atomic mass is 15.5. The van der Waals surface area contributed by atoms with E-state index in [1.165, 1.54) is 36.1 Å². The molecule has 3 nitrogen and oxygen atoms in total. The van der Waals surface area contributed by atoms with E-state index in [-0.39, 0.29) is 0 Å². The molecular formula is C24H23N3. The van der Waals surface area contributed by atoms with Gasteiger partial charge in [-0.1, -0.05) is 30.3 Å². The van der Waals surface area contributed by atoms with Gasteiger partial charge in [-0.2, -0.15) is 10.4 Å². The predicted octanol–water partition coefficient (Wildman–Crippen LogP) is 5.13. The Kier molecular flexibility index (Phi) is 3.86. The lowest BCUT2D eigenvalue weighted by atomic mass is 9.77. The quantitative estimate of drug-likeness (QED) is 0.702. The molecule has 2 aromatic rings. The third-order valence-corrected chi connectivity index (χ3v) is 6.28. The molecule has 3 heteroatoms. The van der Waals surface area contributed by atoms with Crippen molar-refractivity contribution in [2.45, 2.75) is 45.1 Å². The monoisotopic (exact) mass is 353 g/mol. The SMILES string of the molecule is Cc1cc(N2N=C3c4ccccc4CCC3C2C2=CCCC2)ccc1C#N. The number of fused-ring (bicyclic) bond motifs is 3. The number of nitrogens with zero attached hydrogens (tertiary/aromatic N) is 3. The fourth-order valence-corrected chi connectivity index (χ4v) is 4.93. The van der Waals surface area contributed by atoms with Crippen LogP contribution in [-0.2, 0) is 6.42 Å². The predicted molar refractivity (Wildman–Crippen MR) is 109 cm³/mol. The summed E-state index contributed by atoms with van der Waals surface area (Å²) in [5.41, 5.74) is 8.39. The molecule has 0 N–H and O–H groups in total. The maximum absolute atomic E-state index is 9.28. The Hall–Kier alpha value is -2.86. The first-order valence-corrected chi connectivity index (χ1v) is 9.92. The third kappa shape index (κ3) is 2.59. The standard InChI is InChI=1S/C24H23N3/c1-16-14-20(12-10-19(16)15-25)27-24(18-7-2-3-8-18)22-13-11-17-6-4-5-9-21(17)23(22)26-27/h4-7,9-10,12,14,22,24H,2-3,8,11,13H2,1H3. The van der Waals surface area contributed by atoms with Crippen LogP contribution in [0.2, 0.25) is 0 Å². The van der Waals surface area contributed by atoms with Crippen molar-refractivity contribution >= 4 is 11.4 Å². The van der Waals surface area contributed by atoms with Crippen LogP contribution in [0.15, 0.2) is 59.2 Å². The molecule has 5 rings (SSSR count). The second-order valence-electron chi connectivity index (χ2n) is 7.86. The molecule has 27 heavy (non-hydrogen) atoms. The lowest BCUT2D eigenvalue weighted by molar-refractivity contribution is 0.531. The van der Waals surface area contributed by atoms with Crippen LogP contribution in [0, 0.1) is 24.2 Å². The first-order chi connectivity index (χ1) is 13.3. The average Bonchev–Trinajstić information content (AvgIpc) is 3.35. The summed E-state index contributed by atoms with van der Waals surface area (Å²) in [7, 11) is 0. The fraction of sp³-hybridized carbons (Fsp3) is 0.333. The number of rotatable bonds is 2. The molecule has 0 saturated carbocycles. The first kappa shape index (κ1) is 16.3. The van der Waals surface area contributed by atoms with Crippen LogP contribution >= 0.6 is 0 Å². The minimum Gasteiger partial charge on any atom is -0.257 e. The Labute approximate surface area is 160 Å². The maximum Gasteiger partial charge on any atom is 0.0994 e. The van der Waals surface area contributed by atoms with Crippen molar-refractivity contribution in [2.75, 3.05) is 5.01 Å². The molecule has 2 unspecified atom stereocenters. The largest absolute Gasteiger partial charge is 0.257 e. The zero-order valence-electron chi connectivity index (χ0n) is 15.7. The van der Waals surface area contributed by atoms with Gasteiger partial charge in [0.2, 0.25) is 0 Å². The Morgan fingerprint density at radius 2 is 2.04 bits per heavy atom. The maximum atomic E-state index is 9.28. The van der Waals surface area contributed by atoms with Gasteiger partial charge in [0.15, 0.2) is 0 Å². The van der Waals surface area contributed by atoms with Crippen molar-refractivity contribution < 1.29 is 0 Å². The van der Waals surface area contributed by atoms with Gasteiger partial charge in [-0.05, 0) is 73.9 Å². The van der Waals surface area contributed by atoms with Crippen LogP contribution in [0.25, 0.3) is 0 Å². The van der Waals surface area contributed by atoms with Crippen molar-refractivity contribution in [3.8, 4) is 6.07 Å². The van der Waals surface area contributed by atoms with Crippen LogP contribution in [0.1, 0.15) is 47.9 Å². The van der Waals surface area contributed by atoms with Gasteiger partial charge in [0, 0.05) is 11.5 Å². The molecule has 0 amide bonds. The molecule has 3 aliphatic rings. The number of benzene rings is 2. The van der Waals surface area contributed by atoms with Crippen LogP contribution in [0.4, 0.5) is 5.69 Å². The Bertz CT molecular complexity index is 1010. The van der Waals surface area contributed by atoms with Gasteiger partial charge < -0.3 is 0 Å². The summed E-state index contributed by atoms with van der Waals surface area (Å²) in [4.78, 5) is 0. The first-order valence-electron chi connectivity index (χ1n) is 9.92. The molecule has 134 valence electrons. The number of hydrogen-bond acceptors (Lipinski definition) is 3. The molecule has 0 saturated heterocycles. The van der Waals surface area contributed by atoms with E-state index in [4.69, 9.17) is 5.10 Å². The van der Waals surface area contributed by atoms with Crippen LogP contribution in [0.5, 0.6) is 0 Å². The highest BCUT2D eigenvalue weighted by Crippen LogP contribution is 2.42. The molecule has 2 atom stereocenters. The molecule has 0 radical (unpaired) electrons. The lowest BCUT2D eigenvalue weighted by Crippen LogP contribution is -2.36. The fourth-order valence-electron chi connectivity index (χ4n) is 4.93. The normalized spacial score (nSPS) is 23.3. The minimum absolute atomic E-state index is 0.322. The number of anilines is 1. The summed E-state index contributed by atoms with van der Waals surface area (Å²) in [5, 5.41) is 16.7. The summed E-state index contributed by atoms with van der Waals surface area (Å²) in [6.45, 7) is 2.01. The number of nitriles is 1. The second kappa shape index (κ2) is 6.39. The zero-order chi connectivity index (χ0) is 18.4.